The molecule has 0 saturated carbocycles. The van der Waals surface area contributed by atoms with Crippen molar-refractivity contribution in [2.45, 2.75) is 6.42 Å². The third-order valence-corrected chi connectivity index (χ3v) is 10.1. The average molecular weight is 715 g/mol. The Morgan fingerprint density at radius 3 is 1.27 bits per heavy atom. The van der Waals surface area contributed by atoms with Gasteiger partial charge in [0.05, 0.1) is 80.8 Å². The molecule has 4 aliphatic heterocycles. The summed E-state index contributed by atoms with van der Waals surface area (Å²) in [6.07, 6.45) is 10.2. The summed E-state index contributed by atoms with van der Waals surface area (Å²) >= 11 is 0. The van der Waals surface area contributed by atoms with Gasteiger partial charge >= 0.3 is 0 Å². The maximum Gasteiger partial charge on any atom is 0.0998 e. The summed E-state index contributed by atoms with van der Waals surface area (Å²) in [6, 6.07) is 43.0. The van der Waals surface area contributed by atoms with E-state index in [1.165, 1.54) is 0 Å². The number of hydrogen-bond donors (Lipinski definition) is 1. The summed E-state index contributed by atoms with van der Waals surface area (Å²) in [5.74, 6) is 0. The van der Waals surface area contributed by atoms with Crippen LogP contribution in [0.15, 0.2) is 172 Å². The molecular weight excluding hydrogens is 689 g/mol. The molecule has 1 aromatic heterocycles. The van der Waals surface area contributed by atoms with Gasteiger partial charge in [-0.05, 0) is 60.7 Å². The SMILES string of the molecule is N#Cc1ccccc1C1=C2C=CC(=N2)C(c2ccccc2C#N)=c2ccc([nH]2)=C(c2ccccc2C#N)C2=NC(=C(c3ccccc3C#N)C3=NC1=CC3)C=C2. The number of H-pyrrole nitrogens is 1. The smallest absolute Gasteiger partial charge is 0.0998 e. The van der Waals surface area contributed by atoms with Gasteiger partial charge in [-0.3, -0.25) is 4.99 Å². The first-order valence-electron chi connectivity index (χ1n) is 17.8. The van der Waals surface area contributed by atoms with E-state index >= 15 is 0 Å². The average Bonchev–Trinajstić information content (AvgIpc) is 4.10. The van der Waals surface area contributed by atoms with E-state index in [0.29, 0.717) is 118 Å². The monoisotopic (exact) mass is 714 g/mol. The normalized spacial score (nSPS) is 15.4. The first-order valence-corrected chi connectivity index (χ1v) is 17.8. The van der Waals surface area contributed by atoms with Gasteiger partial charge < -0.3 is 4.98 Å². The summed E-state index contributed by atoms with van der Waals surface area (Å²) in [5, 5.41) is 42.5. The number of nitrogens with one attached hydrogen (secondary N) is 1. The third-order valence-electron chi connectivity index (χ3n) is 10.1. The Balaban J connectivity index is 1.46. The molecule has 0 radical (unpaired) electrons. The number of hydrogen-bond acceptors (Lipinski definition) is 7. The van der Waals surface area contributed by atoms with Crippen LogP contribution < -0.4 is 10.7 Å². The molecule has 9 rings (SSSR count). The van der Waals surface area contributed by atoms with E-state index in [0.717, 1.165) is 0 Å². The molecule has 8 heteroatoms. The minimum Gasteiger partial charge on any atom is -0.354 e. The number of aromatic amines is 1. The molecule has 1 N–H and O–H groups in total. The predicted octanol–water partition coefficient (Wildman–Crippen LogP) is 7.49. The van der Waals surface area contributed by atoms with Crippen molar-refractivity contribution in [3.63, 3.8) is 0 Å². The Labute approximate surface area is 322 Å². The van der Waals surface area contributed by atoms with Crippen LogP contribution in [0.25, 0.3) is 22.3 Å². The highest BCUT2D eigenvalue weighted by Crippen LogP contribution is 2.40. The molecule has 258 valence electrons. The second kappa shape index (κ2) is 13.8. The van der Waals surface area contributed by atoms with Gasteiger partial charge in [-0.25, -0.2) is 9.98 Å². The highest BCUT2D eigenvalue weighted by atomic mass is 14.9. The van der Waals surface area contributed by atoms with Gasteiger partial charge in [0.2, 0.25) is 0 Å². The Morgan fingerprint density at radius 1 is 0.429 bits per heavy atom. The number of rotatable bonds is 4. The van der Waals surface area contributed by atoms with Crippen molar-refractivity contribution in [1.29, 1.82) is 21.0 Å². The van der Waals surface area contributed by atoms with Crippen molar-refractivity contribution in [1.82, 2.24) is 4.98 Å². The van der Waals surface area contributed by atoms with Crippen molar-refractivity contribution in [2.75, 3.05) is 0 Å². The van der Waals surface area contributed by atoms with Gasteiger partial charge in [0, 0.05) is 61.7 Å². The fraction of sp³-hybridized carbons (Fsp3) is 0.0208. The number of benzene rings is 4. The number of nitrogens with zero attached hydrogens (tertiary/aromatic N) is 7. The zero-order chi connectivity index (χ0) is 38.2. The van der Waals surface area contributed by atoms with Crippen molar-refractivity contribution in [3.8, 4) is 24.3 Å². The van der Waals surface area contributed by atoms with Crippen molar-refractivity contribution >= 4 is 39.4 Å². The topological polar surface area (TPSA) is 148 Å². The molecular formula is C48H26N8. The third kappa shape index (κ3) is 5.56. The lowest BCUT2D eigenvalue weighted by atomic mass is 9.93. The summed E-state index contributed by atoms with van der Waals surface area (Å²) < 4.78 is 0. The molecule has 4 aromatic carbocycles. The van der Waals surface area contributed by atoms with E-state index in [1.807, 2.05) is 115 Å². The Kier molecular flexibility index (Phi) is 8.26. The van der Waals surface area contributed by atoms with Gasteiger partial charge in [-0.15, -0.1) is 0 Å². The van der Waals surface area contributed by atoms with Crippen LogP contribution in [0.5, 0.6) is 0 Å². The highest BCUT2D eigenvalue weighted by molar-refractivity contribution is 6.34. The standard InChI is InChI=1S/C48H26N8/c49-25-29-9-1-5-13-33(29)45-37-17-19-39(53-37)46(34-14-6-2-10-30(34)26-50)41-21-23-43(55-41)48(36-16-8-4-12-32(36)28-52)44-24-22-42(56-44)47(40-20-18-38(45)54-40)35-15-7-3-11-31(35)27-51/h1-23,53H,24H2. The fourth-order valence-corrected chi connectivity index (χ4v) is 7.60. The molecule has 0 atom stereocenters. The Bertz CT molecular complexity index is 3140. The molecule has 5 aromatic rings. The largest absolute Gasteiger partial charge is 0.354 e. The predicted molar refractivity (Wildman–Crippen MR) is 217 cm³/mol. The molecule has 56 heavy (non-hydrogen) atoms. The van der Waals surface area contributed by atoms with Crippen LogP contribution in [-0.2, 0) is 0 Å². The summed E-state index contributed by atoms with van der Waals surface area (Å²) in [5.41, 5.74) is 11.3. The van der Waals surface area contributed by atoms with E-state index in [1.54, 1.807) is 24.3 Å². The van der Waals surface area contributed by atoms with Crippen molar-refractivity contribution in [2.24, 2.45) is 15.0 Å². The molecule has 0 spiro atoms. The van der Waals surface area contributed by atoms with Crippen molar-refractivity contribution < 1.29 is 0 Å². The molecule has 0 fully saturated rings. The van der Waals surface area contributed by atoms with Gasteiger partial charge in [0.25, 0.3) is 0 Å². The zero-order valence-electron chi connectivity index (χ0n) is 29.6. The van der Waals surface area contributed by atoms with Crippen LogP contribution in [-0.4, -0.2) is 22.1 Å². The van der Waals surface area contributed by atoms with Crippen LogP contribution in [0, 0.1) is 45.3 Å². The second-order valence-corrected chi connectivity index (χ2v) is 13.2. The zero-order valence-corrected chi connectivity index (χ0v) is 29.6. The molecule has 0 unspecified atom stereocenters. The lowest BCUT2D eigenvalue weighted by Gasteiger charge is -2.14. The van der Waals surface area contributed by atoms with E-state index in [4.69, 9.17) is 15.0 Å². The highest BCUT2D eigenvalue weighted by Gasteiger charge is 2.28. The Morgan fingerprint density at radius 2 is 0.821 bits per heavy atom. The van der Waals surface area contributed by atoms with Gasteiger partial charge in [0.15, 0.2) is 0 Å². The fourth-order valence-electron chi connectivity index (χ4n) is 7.60. The van der Waals surface area contributed by atoms with Crippen LogP contribution in [0.2, 0.25) is 0 Å². The van der Waals surface area contributed by atoms with Crippen LogP contribution in [0.1, 0.15) is 50.9 Å². The summed E-state index contributed by atoms with van der Waals surface area (Å²) in [6.45, 7) is 0. The second-order valence-electron chi connectivity index (χ2n) is 13.2. The maximum atomic E-state index is 10.3. The molecule has 0 saturated heterocycles. The molecule has 0 amide bonds. The molecule has 4 aliphatic rings. The summed E-state index contributed by atoms with van der Waals surface area (Å²) in [4.78, 5) is 19.4. The molecule has 8 bridgehead atoms. The van der Waals surface area contributed by atoms with E-state index in [-0.39, 0.29) is 0 Å². The van der Waals surface area contributed by atoms with Gasteiger partial charge in [-0.1, -0.05) is 78.9 Å². The minimum absolute atomic E-state index is 0.429. The summed E-state index contributed by atoms with van der Waals surface area (Å²) in [7, 11) is 0. The Hall–Kier alpha value is -8.43. The molecule has 8 nitrogen and oxygen atoms in total. The lowest BCUT2D eigenvalue weighted by molar-refractivity contribution is 1.25. The lowest BCUT2D eigenvalue weighted by Crippen LogP contribution is -2.21. The quantitative estimate of drug-likeness (QED) is 0.205. The van der Waals surface area contributed by atoms with Gasteiger partial charge in [0.1, 0.15) is 0 Å². The van der Waals surface area contributed by atoms with Crippen LogP contribution in [0.4, 0.5) is 0 Å². The number of allylic oxidation sites excluding steroid dienone is 7. The van der Waals surface area contributed by atoms with E-state index in [2.05, 4.69) is 29.3 Å². The minimum atomic E-state index is 0.429. The van der Waals surface area contributed by atoms with Crippen molar-refractivity contribution in [3.05, 3.63) is 212 Å². The number of fused-ring (bicyclic) bond motifs is 5. The van der Waals surface area contributed by atoms with E-state index < -0.39 is 0 Å². The van der Waals surface area contributed by atoms with Crippen LogP contribution >= 0.6 is 0 Å². The maximum absolute atomic E-state index is 10.3. The van der Waals surface area contributed by atoms with E-state index in [9.17, 15) is 21.0 Å². The first kappa shape index (κ1) is 33.4. The number of aliphatic imine (C=N–C) groups is 3. The molecule has 5 heterocycles. The molecule has 0 aliphatic carbocycles. The first-order chi connectivity index (χ1) is 27.6. The van der Waals surface area contributed by atoms with Gasteiger partial charge in [-0.2, -0.15) is 21.0 Å². The number of nitriles is 4. The van der Waals surface area contributed by atoms with Crippen LogP contribution in [0.3, 0.4) is 0 Å². The number of aromatic nitrogens is 1.